The molecule has 1 fully saturated rings. The van der Waals surface area contributed by atoms with Crippen LogP contribution in [0.3, 0.4) is 0 Å². The topological polar surface area (TPSA) is 114 Å². The molecule has 2 aromatic rings. The lowest BCUT2D eigenvalue weighted by Crippen LogP contribution is -2.44. The number of rotatable bonds is 4. The van der Waals surface area contributed by atoms with Crippen LogP contribution in [-0.2, 0) is 21.2 Å². The lowest BCUT2D eigenvalue weighted by atomic mass is 9.96. The van der Waals surface area contributed by atoms with Crippen LogP contribution in [0.15, 0.2) is 41.4 Å². The summed E-state index contributed by atoms with van der Waals surface area (Å²) in [5, 5.41) is 11.0. The van der Waals surface area contributed by atoms with Crippen LogP contribution in [-0.4, -0.2) is 48.2 Å². The van der Waals surface area contributed by atoms with Gasteiger partial charge in [-0.2, -0.15) is 4.31 Å². The number of anilines is 1. The molecule has 0 bridgehead atoms. The maximum Gasteiger partial charge on any atom is 0.271 e. The van der Waals surface area contributed by atoms with Gasteiger partial charge in [-0.25, -0.2) is 13.4 Å². The summed E-state index contributed by atoms with van der Waals surface area (Å²) in [5.74, 6) is -0.461. The van der Waals surface area contributed by atoms with Crippen molar-refractivity contribution in [3.8, 4) is 0 Å². The Morgan fingerprint density at radius 1 is 1.20 bits per heavy atom. The van der Waals surface area contributed by atoms with Gasteiger partial charge in [0.15, 0.2) is 0 Å². The van der Waals surface area contributed by atoms with Crippen molar-refractivity contribution in [2.24, 2.45) is 5.92 Å². The molecule has 1 aromatic heterocycles. The van der Waals surface area contributed by atoms with Crippen molar-refractivity contribution in [3.63, 3.8) is 0 Å². The standard InChI is InChI=1S/C19H19ClN4O5S/c20-18-17(2-1-8-21-18)30(28,29)22-9-5-14(6-10-22)19(25)23-11-7-13-3-4-15(24(26)27)12-16(13)23/h1-4,8,12,14H,5-7,9-11H2. The first-order valence-corrected chi connectivity index (χ1v) is 11.3. The second-order valence-electron chi connectivity index (χ2n) is 7.28. The molecular formula is C19H19ClN4O5S. The van der Waals surface area contributed by atoms with Gasteiger partial charge in [0.1, 0.15) is 10.0 Å². The van der Waals surface area contributed by atoms with Gasteiger partial charge in [0, 0.05) is 43.9 Å². The molecule has 11 heteroatoms. The van der Waals surface area contributed by atoms with Crippen LogP contribution in [0, 0.1) is 16.0 Å². The monoisotopic (exact) mass is 450 g/mol. The molecule has 0 spiro atoms. The lowest BCUT2D eigenvalue weighted by Gasteiger charge is -2.32. The number of piperidine rings is 1. The van der Waals surface area contributed by atoms with Crippen LogP contribution in [0.5, 0.6) is 0 Å². The Hall–Kier alpha value is -2.56. The van der Waals surface area contributed by atoms with E-state index in [0.717, 1.165) is 5.56 Å². The van der Waals surface area contributed by atoms with E-state index in [-0.39, 0.29) is 40.7 Å². The van der Waals surface area contributed by atoms with Gasteiger partial charge in [-0.05, 0) is 37.0 Å². The zero-order chi connectivity index (χ0) is 21.5. The highest BCUT2D eigenvalue weighted by molar-refractivity contribution is 7.89. The maximum atomic E-state index is 13.1. The molecule has 0 aliphatic carbocycles. The summed E-state index contributed by atoms with van der Waals surface area (Å²) in [6.45, 7) is 0.859. The fourth-order valence-electron chi connectivity index (χ4n) is 3.98. The van der Waals surface area contributed by atoms with Gasteiger partial charge in [-0.1, -0.05) is 17.7 Å². The van der Waals surface area contributed by atoms with Crippen LogP contribution >= 0.6 is 11.6 Å². The molecule has 0 saturated carbocycles. The number of hydrogen-bond acceptors (Lipinski definition) is 6. The molecule has 1 saturated heterocycles. The van der Waals surface area contributed by atoms with E-state index in [2.05, 4.69) is 4.98 Å². The maximum absolute atomic E-state index is 13.1. The second-order valence-corrected chi connectivity index (χ2v) is 9.55. The predicted octanol–water partition coefficient (Wildman–Crippen LogP) is 2.63. The number of non-ortho nitro benzene ring substituents is 1. The fraction of sp³-hybridized carbons (Fsp3) is 0.368. The van der Waals surface area contributed by atoms with E-state index in [1.54, 1.807) is 11.0 Å². The van der Waals surface area contributed by atoms with Gasteiger partial charge < -0.3 is 4.90 Å². The normalized spacial score (nSPS) is 17.7. The Bertz CT molecular complexity index is 1120. The molecule has 0 N–H and O–H groups in total. The number of amides is 1. The summed E-state index contributed by atoms with van der Waals surface area (Å²) in [5.41, 5.74) is 1.43. The minimum atomic E-state index is -3.79. The minimum Gasteiger partial charge on any atom is -0.311 e. The number of aromatic nitrogens is 1. The Balaban J connectivity index is 1.47. The van der Waals surface area contributed by atoms with Crippen molar-refractivity contribution in [1.29, 1.82) is 0 Å². The number of sulfonamides is 1. The number of halogens is 1. The highest BCUT2D eigenvalue weighted by Crippen LogP contribution is 2.35. The molecule has 4 rings (SSSR count). The average Bonchev–Trinajstić information content (AvgIpc) is 3.16. The number of carbonyl (C=O) groups is 1. The Kier molecular flexibility index (Phi) is 5.48. The minimum absolute atomic E-state index is 0.0442. The molecule has 2 aliphatic heterocycles. The number of benzene rings is 1. The third-order valence-electron chi connectivity index (χ3n) is 5.59. The Labute approximate surface area is 178 Å². The van der Waals surface area contributed by atoms with Gasteiger partial charge in [0.25, 0.3) is 5.69 Å². The largest absolute Gasteiger partial charge is 0.311 e. The first-order valence-electron chi connectivity index (χ1n) is 9.48. The molecule has 158 valence electrons. The van der Waals surface area contributed by atoms with Gasteiger partial charge in [-0.3, -0.25) is 14.9 Å². The van der Waals surface area contributed by atoms with E-state index in [1.165, 1.54) is 34.8 Å². The van der Waals surface area contributed by atoms with Crippen LogP contribution in [0.1, 0.15) is 18.4 Å². The smallest absolute Gasteiger partial charge is 0.271 e. The lowest BCUT2D eigenvalue weighted by molar-refractivity contribution is -0.384. The van der Waals surface area contributed by atoms with E-state index >= 15 is 0 Å². The zero-order valence-corrected chi connectivity index (χ0v) is 17.5. The van der Waals surface area contributed by atoms with E-state index in [1.807, 2.05) is 0 Å². The van der Waals surface area contributed by atoms with Crippen LogP contribution in [0.2, 0.25) is 5.15 Å². The Morgan fingerprint density at radius 3 is 2.60 bits per heavy atom. The number of fused-ring (bicyclic) bond motifs is 1. The van der Waals surface area contributed by atoms with Crippen molar-refractivity contribution >= 4 is 38.9 Å². The molecule has 0 radical (unpaired) electrons. The van der Waals surface area contributed by atoms with E-state index < -0.39 is 14.9 Å². The molecule has 1 aromatic carbocycles. The highest BCUT2D eigenvalue weighted by atomic mass is 35.5. The molecule has 30 heavy (non-hydrogen) atoms. The summed E-state index contributed by atoms with van der Waals surface area (Å²) in [7, 11) is -3.79. The second kappa shape index (κ2) is 7.93. The molecule has 1 amide bonds. The predicted molar refractivity (Wildman–Crippen MR) is 110 cm³/mol. The Morgan fingerprint density at radius 2 is 1.93 bits per heavy atom. The molecule has 0 unspecified atom stereocenters. The SMILES string of the molecule is O=C(C1CCN(S(=O)(=O)c2cccnc2Cl)CC1)N1CCc2ccc([N+](=O)[O-])cc21. The van der Waals surface area contributed by atoms with E-state index in [0.29, 0.717) is 31.5 Å². The number of nitrogens with zero attached hydrogens (tertiary/aromatic N) is 4. The molecule has 2 aliphatic rings. The first kappa shape index (κ1) is 20.7. The quantitative estimate of drug-likeness (QED) is 0.402. The van der Waals surface area contributed by atoms with E-state index in [4.69, 9.17) is 11.6 Å². The van der Waals surface area contributed by atoms with E-state index in [9.17, 15) is 23.3 Å². The summed E-state index contributed by atoms with van der Waals surface area (Å²) in [6.07, 6.45) is 2.81. The summed E-state index contributed by atoms with van der Waals surface area (Å²) in [6, 6.07) is 7.49. The van der Waals surface area contributed by atoms with Crippen LogP contribution < -0.4 is 4.90 Å². The molecule has 9 nitrogen and oxygen atoms in total. The van der Waals surface area contributed by atoms with Gasteiger partial charge in [-0.15, -0.1) is 0 Å². The third-order valence-corrected chi connectivity index (χ3v) is 7.93. The first-order chi connectivity index (χ1) is 14.3. The molecular weight excluding hydrogens is 432 g/mol. The van der Waals surface area contributed by atoms with Crippen molar-refractivity contribution in [1.82, 2.24) is 9.29 Å². The third kappa shape index (κ3) is 3.66. The fourth-order valence-corrected chi connectivity index (χ4v) is 5.87. The summed E-state index contributed by atoms with van der Waals surface area (Å²) in [4.78, 5) is 29.1. The number of nitro benzene ring substituents is 1. The van der Waals surface area contributed by atoms with Gasteiger partial charge in [0.05, 0.1) is 10.6 Å². The van der Waals surface area contributed by atoms with Gasteiger partial charge >= 0.3 is 0 Å². The number of hydrogen-bond donors (Lipinski definition) is 0. The molecule has 3 heterocycles. The summed E-state index contributed by atoms with van der Waals surface area (Å²) < 4.78 is 27.0. The summed E-state index contributed by atoms with van der Waals surface area (Å²) >= 11 is 5.95. The van der Waals surface area contributed by atoms with Gasteiger partial charge in [0.2, 0.25) is 15.9 Å². The van der Waals surface area contributed by atoms with Crippen LogP contribution in [0.25, 0.3) is 0 Å². The highest BCUT2D eigenvalue weighted by Gasteiger charge is 2.37. The number of carbonyl (C=O) groups excluding carboxylic acids is 1. The van der Waals surface area contributed by atoms with Crippen molar-refractivity contribution in [2.45, 2.75) is 24.2 Å². The number of nitro groups is 1. The van der Waals surface area contributed by atoms with Crippen molar-refractivity contribution < 1.29 is 18.1 Å². The zero-order valence-electron chi connectivity index (χ0n) is 15.9. The van der Waals surface area contributed by atoms with Crippen LogP contribution in [0.4, 0.5) is 11.4 Å². The number of pyridine rings is 1. The average molecular weight is 451 g/mol. The van der Waals surface area contributed by atoms with Crippen molar-refractivity contribution in [2.75, 3.05) is 24.5 Å². The van der Waals surface area contributed by atoms with Crippen molar-refractivity contribution in [3.05, 3.63) is 57.4 Å². The molecule has 0 atom stereocenters.